The van der Waals surface area contributed by atoms with E-state index in [2.05, 4.69) is 110 Å². The summed E-state index contributed by atoms with van der Waals surface area (Å²) in [5, 5.41) is 11.6. The van der Waals surface area contributed by atoms with Gasteiger partial charge in [-0.15, -0.1) is 5.73 Å². The van der Waals surface area contributed by atoms with Gasteiger partial charge in [-0.3, -0.25) is 14.4 Å². The highest BCUT2D eigenvalue weighted by Crippen LogP contribution is 2.67. The largest absolute Gasteiger partial charge is 0.462 e. The summed E-state index contributed by atoms with van der Waals surface area (Å²) in [4.78, 5) is 39.4. The zero-order valence-electron chi connectivity index (χ0n) is 56.2. The lowest BCUT2D eigenvalue weighted by molar-refractivity contribution is -0.156. The van der Waals surface area contributed by atoms with Crippen molar-refractivity contribution < 1.29 is 33.7 Å². The van der Waals surface area contributed by atoms with Crippen LogP contribution in [0.25, 0.3) is 0 Å². The molecule has 0 aromatic carbocycles. The molecule has 0 spiro atoms. The van der Waals surface area contributed by atoms with E-state index in [1.165, 1.54) is 122 Å². The van der Waals surface area contributed by atoms with Crippen LogP contribution in [0.5, 0.6) is 0 Å². The second-order valence-electron chi connectivity index (χ2n) is 27.2. The number of epoxide rings is 1. The Hall–Kier alpha value is -4.55. The van der Waals surface area contributed by atoms with Crippen molar-refractivity contribution in [3.8, 4) is 0 Å². The van der Waals surface area contributed by atoms with Crippen LogP contribution in [0.4, 0.5) is 0 Å². The molecule has 0 amide bonds. The molecule has 3 rings (SSSR count). The second kappa shape index (κ2) is 40.8. The normalized spacial score (nSPS) is 23.7. The van der Waals surface area contributed by atoms with Crippen molar-refractivity contribution in [3.05, 3.63) is 137 Å². The summed E-state index contributed by atoms with van der Waals surface area (Å²) in [6.45, 7) is 24.9. The van der Waals surface area contributed by atoms with Crippen molar-refractivity contribution in [3.63, 3.8) is 0 Å². The quantitative estimate of drug-likeness (QED) is 0.0123. The Kier molecular flexibility index (Phi) is 35.9. The Bertz CT molecular complexity index is 2360. The lowest BCUT2D eigenvalue weighted by Crippen LogP contribution is -2.49. The van der Waals surface area contributed by atoms with Gasteiger partial charge in [0.05, 0.1) is 11.2 Å². The predicted molar refractivity (Wildman–Crippen MR) is 360 cm³/mol. The van der Waals surface area contributed by atoms with Gasteiger partial charge in [-0.2, -0.15) is 0 Å². The molecule has 476 valence electrons. The summed E-state index contributed by atoms with van der Waals surface area (Å²) >= 11 is 0. The molecule has 1 saturated heterocycles. The molecule has 1 N–H and O–H groups in total. The average Bonchev–Trinajstić information content (AvgIpc) is 1.52. The third-order valence-electron chi connectivity index (χ3n) is 17.9. The van der Waals surface area contributed by atoms with Gasteiger partial charge in [-0.25, -0.2) is 0 Å². The van der Waals surface area contributed by atoms with Crippen LogP contribution in [0.1, 0.15) is 295 Å². The van der Waals surface area contributed by atoms with Crippen molar-refractivity contribution in [1.82, 2.24) is 0 Å². The summed E-state index contributed by atoms with van der Waals surface area (Å²) in [6.07, 6.45) is 70.3. The number of esters is 2. The maximum Gasteiger partial charge on any atom is 0.306 e. The Balaban J connectivity index is 1.34. The Morgan fingerprint density at radius 2 is 0.941 bits per heavy atom. The Morgan fingerprint density at radius 1 is 0.518 bits per heavy atom. The van der Waals surface area contributed by atoms with Crippen molar-refractivity contribution >= 4 is 17.7 Å². The fraction of sp³-hybridized carbons (Fsp3) is 0.667. The predicted octanol–water partition coefficient (Wildman–Crippen LogP) is 21.9. The fourth-order valence-corrected chi connectivity index (χ4v) is 12.8. The van der Waals surface area contributed by atoms with Crippen molar-refractivity contribution in [2.45, 2.75) is 324 Å². The molecule has 1 aliphatic heterocycles. The number of ether oxygens (including phenoxy) is 3. The maximum atomic E-state index is 13.7. The number of carbonyl (C=O) groups is 3. The molecule has 3 fully saturated rings. The van der Waals surface area contributed by atoms with Crippen molar-refractivity contribution in [1.29, 1.82) is 0 Å². The van der Waals surface area contributed by atoms with Crippen molar-refractivity contribution in [2.24, 2.45) is 10.8 Å². The molecule has 3 aliphatic rings. The molecule has 7 heteroatoms. The van der Waals surface area contributed by atoms with Crippen LogP contribution >= 0.6 is 0 Å². The zero-order chi connectivity index (χ0) is 62.5. The average molecular weight is 1170 g/mol. The van der Waals surface area contributed by atoms with Crippen LogP contribution in [-0.4, -0.2) is 51.8 Å². The topological polar surface area (TPSA) is 102 Å². The number of unbranched alkanes of at least 4 members (excludes halogenated alkanes) is 21. The van der Waals surface area contributed by atoms with E-state index in [1.807, 2.05) is 82.4 Å². The minimum Gasteiger partial charge on any atom is -0.462 e. The molecule has 0 bridgehead atoms. The zero-order valence-corrected chi connectivity index (χ0v) is 56.2. The van der Waals surface area contributed by atoms with Crippen molar-refractivity contribution in [2.75, 3.05) is 0 Å². The van der Waals surface area contributed by atoms with Gasteiger partial charge >= 0.3 is 11.9 Å². The smallest absolute Gasteiger partial charge is 0.306 e. The van der Waals surface area contributed by atoms with Gasteiger partial charge < -0.3 is 19.3 Å². The number of aliphatic hydroxyl groups is 1. The maximum absolute atomic E-state index is 13.7. The van der Waals surface area contributed by atoms with Gasteiger partial charge in [0, 0.05) is 43.1 Å². The van der Waals surface area contributed by atoms with Gasteiger partial charge in [0.25, 0.3) is 0 Å². The molecule has 2 aliphatic carbocycles. The van der Waals surface area contributed by atoms with Crippen LogP contribution in [0.3, 0.4) is 0 Å². The number of carbonyl (C=O) groups excluding carboxylic acids is 3. The second-order valence-corrected chi connectivity index (χ2v) is 27.2. The third-order valence-corrected chi connectivity index (χ3v) is 17.9. The number of fused-ring (bicyclic) bond motifs is 1. The lowest BCUT2D eigenvalue weighted by Gasteiger charge is -2.44. The molecule has 85 heavy (non-hydrogen) atoms. The molecule has 5 atom stereocenters. The SMILES string of the molecule is CCCCC/C=C\C/C=C\CCCCCCCC(=O)O[C@H]1CC(C)(C)C(=C=C/C(C)=C/C=C/C(C)=C/C=C/C=C(C)/C=C/C=C(\C)C(=O)C[C@@]23O[C@]2(C)C[C@@H](OC(=O)CCCCCCCCC/C=C\CCCCCCCC)CC3(C)C)[C@](C)(O)C1. The lowest BCUT2D eigenvalue weighted by atomic mass is 9.61. The monoisotopic (exact) mass is 1170 g/mol. The van der Waals surface area contributed by atoms with E-state index in [-0.39, 0.29) is 40.8 Å². The van der Waals surface area contributed by atoms with Gasteiger partial charge in [0.1, 0.15) is 17.8 Å². The van der Waals surface area contributed by atoms with Crippen LogP contribution < -0.4 is 0 Å². The van der Waals surface area contributed by atoms with E-state index >= 15 is 0 Å². The van der Waals surface area contributed by atoms with Crippen LogP contribution in [0, 0.1) is 10.8 Å². The first-order chi connectivity index (χ1) is 40.6. The summed E-state index contributed by atoms with van der Waals surface area (Å²) in [5.74, 6) is -0.197. The van der Waals surface area contributed by atoms with Gasteiger partial charge in [0.2, 0.25) is 0 Å². The molecular formula is C78H122O7. The molecule has 0 aromatic heterocycles. The van der Waals surface area contributed by atoms with E-state index in [4.69, 9.17) is 14.2 Å². The Labute approximate surface area is 520 Å². The van der Waals surface area contributed by atoms with Gasteiger partial charge in [-0.05, 0) is 148 Å². The number of allylic oxidation sites excluding steroid dienone is 20. The highest BCUT2D eigenvalue weighted by Gasteiger charge is 2.76. The number of ketones is 1. The Morgan fingerprint density at radius 3 is 1.44 bits per heavy atom. The summed E-state index contributed by atoms with van der Waals surface area (Å²) in [5.41, 5.74) is 5.20. The first-order valence-electron chi connectivity index (χ1n) is 34.1. The summed E-state index contributed by atoms with van der Waals surface area (Å²) < 4.78 is 18.5. The van der Waals surface area contributed by atoms with E-state index in [9.17, 15) is 19.5 Å². The minimum atomic E-state index is -1.14. The number of Topliss-reactive ketones (excluding diaryl/α,β-unsaturated/α-hetero) is 1. The summed E-state index contributed by atoms with van der Waals surface area (Å²) in [7, 11) is 0. The van der Waals surface area contributed by atoms with Gasteiger partial charge in [-0.1, -0.05) is 246 Å². The number of rotatable bonds is 43. The van der Waals surface area contributed by atoms with Crippen LogP contribution in [0.15, 0.2) is 137 Å². The fourth-order valence-electron chi connectivity index (χ4n) is 12.8. The standard InChI is InChI=1S/C78H122O7/c1-13-15-17-19-21-23-25-27-29-30-32-34-36-38-40-42-44-56-73(81)84-69-60-75(9,10)78(77(12,62-69)85-78)63-70(79)67(6)54-48-53-65(4)50-46-45-49-64(3)51-47-52-66(5)57-58-71-74(7,8)59-68(61-76(71,11)82)83-72(80)55-43-41-39-37-35-33-31-28-26-24-22-20-18-16-14-2/h22,24,27-29,31,45-54,57,68-69,82H,13-21,23,25-26,30,32-44,55-56,59-63H2,1-12H3/b24-22-,29-27-,31-28-,46-45+,51-47+,53-48+,64-49+,65-50+,66-52+,67-54+/t58?,68-,69-,76+,77+,78-/m0/s1. The van der Waals surface area contributed by atoms with E-state index in [1.54, 1.807) is 0 Å². The number of hydrogen-bond acceptors (Lipinski definition) is 7. The minimum absolute atomic E-state index is 0.0781. The van der Waals surface area contributed by atoms with Crippen LogP contribution in [-0.2, 0) is 28.6 Å². The molecule has 0 unspecified atom stereocenters. The van der Waals surface area contributed by atoms with Crippen LogP contribution in [0.2, 0.25) is 0 Å². The van der Waals surface area contributed by atoms with E-state index in [0.717, 1.165) is 67.2 Å². The van der Waals surface area contributed by atoms with E-state index < -0.39 is 16.8 Å². The first-order valence-corrected chi connectivity index (χ1v) is 34.1. The molecule has 2 saturated carbocycles. The molecule has 1 heterocycles. The molecule has 0 aromatic rings. The highest BCUT2D eigenvalue weighted by molar-refractivity contribution is 5.96. The first kappa shape index (κ1) is 74.7. The highest BCUT2D eigenvalue weighted by atomic mass is 16.6. The van der Waals surface area contributed by atoms with E-state index in [0.29, 0.717) is 50.5 Å². The molecular weight excluding hydrogens is 1050 g/mol. The number of hydrogen-bond donors (Lipinski definition) is 1. The molecule has 0 radical (unpaired) electrons. The van der Waals surface area contributed by atoms with Gasteiger partial charge in [0.15, 0.2) is 5.78 Å². The third kappa shape index (κ3) is 29.8. The summed E-state index contributed by atoms with van der Waals surface area (Å²) in [6, 6.07) is 0. The molecule has 7 nitrogen and oxygen atoms in total.